The van der Waals surface area contributed by atoms with E-state index in [-0.39, 0.29) is 11.5 Å². The monoisotopic (exact) mass is 435 g/mol. The van der Waals surface area contributed by atoms with Crippen LogP contribution in [0.4, 0.5) is 5.69 Å². The topological polar surface area (TPSA) is 100 Å². The van der Waals surface area contributed by atoms with Crippen LogP contribution in [0.3, 0.4) is 0 Å². The van der Waals surface area contributed by atoms with Gasteiger partial charge >= 0.3 is 0 Å². The number of benzene rings is 1. The van der Waals surface area contributed by atoms with E-state index in [1.165, 1.54) is 6.07 Å². The molecular weight excluding hydrogens is 414 g/mol. The summed E-state index contributed by atoms with van der Waals surface area (Å²) < 4.78 is 5.85. The molecular formula is C19H22BrN3O4. The molecule has 2 aromatic rings. The Morgan fingerprint density at radius 2 is 2.00 bits per heavy atom. The molecule has 0 aliphatic heterocycles. The Morgan fingerprint density at radius 3 is 2.74 bits per heavy atom. The van der Waals surface area contributed by atoms with Crippen molar-refractivity contribution in [2.75, 3.05) is 25.1 Å². The van der Waals surface area contributed by atoms with Crippen LogP contribution >= 0.6 is 15.9 Å². The lowest BCUT2D eigenvalue weighted by Gasteiger charge is -2.09. The number of aromatic nitrogens is 1. The van der Waals surface area contributed by atoms with E-state index in [9.17, 15) is 14.4 Å². The zero-order chi connectivity index (χ0) is 19.8. The highest BCUT2D eigenvalue weighted by molar-refractivity contribution is 9.10. The van der Waals surface area contributed by atoms with E-state index in [2.05, 4.69) is 31.5 Å². The second-order valence-corrected chi connectivity index (χ2v) is 6.68. The molecule has 0 saturated heterocycles. The number of H-pyrrole nitrogens is 1. The van der Waals surface area contributed by atoms with E-state index < -0.39 is 11.5 Å². The van der Waals surface area contributed by atoms with Crippen molar-refractivity contribution < 1.29 is 14.3 Å². The fourth-order valence-electron chi connectivity index (χ4n) is 2.33. The summed E-state index contributed by atoms with van der Waals surface area (Å²) in [6.45, 7) is 5.39. The van der Waals surface area contributed by atoms with Crippen LogP contribution in [0.2, 0.25) is 0 Å². The first kappa shape index (κ1) is 20.9. The number of halogens is 1. The lowest BCUT2D eigenvalue weighted by atomic mass is 10.1. The standard InChI is InChI=1S/C19H22BrN3O4/c1-3-27-9-5-8-21-17(24)13-6-4-7-14(10-13)23-19(26)15-11-16(20)12(2)22-18(15)25/h4,6-7,10-11H,3,5,8-9H2,1-2H3,(H,21,24)(H,22,25)(H,23,26). The average Bonchev–Trinajstić information content (AvgIpc) is 2.64. The van der Waals surface area contributed by atoms with Crippen molar-refractivity contribution in [2.24, 2.45) is 0 Å². The first-order chi connectivity index (χ1) is 12.9. The second-order valence-electron chi connectivity index (χ2n) is 5.83. The smallest absolute Gasteiger partial charge is 0.261 e. The highest BCUT2D eigenvalue weighted by Gasteiger charge is 2.14. The van der Waals surface area contributed by atoms with Gasteiger partial charge in [-0.3, -0.25) is 14.4 Å². The molecule has 0 unspecified atom stereocenters. The zero-order valence-electron chi connectivity index (χ0n) is 15.2. The maximum absolute atomic E-state index is 12.4. The summed E-state index contributed by atoms with van der Waals surface area (Å²) in [6.07, 6.45) is 0.723. The quantitative estimate of drug-likeness (QED) is 0.554. The summed E-state index contributed by atoms with van der Waals surface area (Å²) in [5.74, 6) is -0.787. The molecule has 2 rings (SSSR count). The van der Waals surface area contributed by atoms with Gasteiger partial charge in [-0.2, -0.15) is 0 Å². The number of rotatable bonds is 8. The fourth-order valence-corrected chi connectivity index (χ4v) is 2.65. The molecule has 2 amide bonds. The van der Waals surface area contributed by atoms with Crippen molar-refractivity contribution in [2.45, 2.75) is 20.3 Å². The van der Waals surface area contributed by atoms with Gasteiger partial charge in [-0.1, -0.05) is 6.07 Å². The van der Waals surface area contributed by atoms with E-state index in [1.807, 2.05) is 6.92 Å². The van der Waals surface area contributed by atoms with Crippen LogP contribution in [0.15, 0.2) is 39.6 Å². The number of hydrogen-bond acceptors (Lipinski definition) is 4. The van der Waals surface area contributed by atoms with E-state index >= 15 is 0 Å². The summed E-state index contributed by atoms with van der Waals surface area (Å²) in [5, 5.41) is 5.45. The van der Waals surface area contributed by atoms with Crippen LogP contribution in [-0.2, 0) is 4.74 Å². The lowest BCUT2D eigenvalue weighted by Crippen LogP contribution is -2.26. The predicted octanol–water partition coefficient (Wildman–Crippen LogP) is 2.85. The maximum Gasteiger partial charge on any atom is 0.261 e. The van der Waals surface area contributed by atoms with Gasteiger partial charge in [0.2, 0.25) is 0 Å². The third-order valence-electron chi connectivity index (χ3n) is 3.76. The number of pyridine rings is 1. The highest BCUT2D eigenvalue weighted by Crippen LogP contribution is 2.15. The molecule has 3 N–H and O–H groups in total. The lowest BCUT2D eigenvalue weighted by molar-refractivity contribution is 0.0943. The Balaban J connectivity index is 2.03. The zero-order valence-corrected chi connectivity index (χ0v) is 16.8. The molecule has 0 spiro atoms. The second kappa shape index (κ2) is 10.0. The summed E-state index contributed by atoms with van der Waals surface area (Å²) >= 11 is 3.29. The third kappa shape index (κ3) is 6.04. The Kier molecular flexibility index (Phi) is 7.75. The van der Waals surface area contributed by atoms with Crippen LogP contribution < -0.4 is 16.2 Å². The molecule has 144 valence electrons. The molecule has 8 heteroatoms. The summed E-state index contributed by atoms with van der Waals surface area (Å²) in [6, 6.07) is 8.01. The molecule has 7 nitrogen and oxygen atoms in total. The molecule has 0 bridgehead atoms. The maximum atomic E-state index is 12.4. The Morgan fingerprint density at radius 1 is 1.22 bits per heavy atom. The minimum absolute atomic E-state index is 0.0155. The van der Waals surface area contributed by atoms with Crippen LogP contribution in [0, 0.1) is 6.92 Å². The van der Waals surface area contributed by atoms with Crippen LogP contribution in [0.5, 0.6) is 0 Å². The van der Waals surface area contributed by atoms with Gasteiger partial charge < -0.3 is 20.4 Å². The molecule has 0 atom stereocenters. The number of hydrogen-bond donors (Lipinski definition) is 3. The van der Waals surface area contributed by atoms with Gasteiger partial charge in [0.1, 0.15) is 5.56 Å². The largest absolute Gasteiger partial charge is 0.382 e. The molecule has 1 aromatic carbocycles. The third-order valence-corrected chi connectivity index (χ3v) is 4.58. The minimum atomic E-state index is -0.550. The molecule has 0 fully saturated rings. The van der Waals surface area contributed by atoms with Crippen LogP contribution in [0.1, 0.15) is 39.8 Å². The van der Waals surface area contributed by atoms with Gasteiger partial charge in [0.05, 0.1) is 0 Å². The Bertz CT molecular complexity index is 879. The van der Waals surface area contributed by atoms with Crippen molar-refractivity contribution in [1.82, 2.24) is 10.3 Å². The van der Waals surface area contributed by atoms with Crippen molar-refractivity contribution in [1.29, 1.82) is 0 Å². The van der Waals surface area contributed by atoms with Gasteiger partial charge in [0.15, 0.2) is 0 Å². The number of carbonyl (C=O) groups is 2. The van der Waals surface area contributed by atoms with Crippen LogP contribution in [0.25, 0.3) is 0 Å². The summed E-state index contributed by atoms with van der Waals surface area (Å²) in [7, 11) is 0. The fraction of sp³-hybridized carbons (Fsp3) is 0.316. The minimum Gasteiger partial charge on any atom is -0.382 e. The first-order valence-electron chi connectivity index (χ1n) is 8.59. The van der Waals surface area contributed by atoms with Gasteiger partial charge in [-0.05, 0) is 60.5 Å². The number of carbonyl (C=O) groups excluding carboxylic acids is 2. The van der Waals surface area contributed by atoms with Crippen LogP contribution in [-0.4, -0.2) is 36.6 Å². The number of amides is 2. The average molecular weight is 436 g/mol. The van der Waals surface area contributed by atoms with E-state index in [0.717, 1.165) is 6.42 Å². The molecule has 0 radical (unpaired) electrons. The predicted molar refractivity (Wildman–Crippen MR) is 107 cm³/mol. The number of aromatic amines is 1. The number of anilines is 1. The van der Waals surface area contributed by atoms with Gasteiger partial charge in [0.25, 0.3) is 17.4 Å². The molecule has 27 heavy (non-hydrogen) atoms. The highest BCUT2D eigenvalue weighted by atomic mass is 79.9. The van der Waals surface area contributed by atoms with Gasteiger partial charge in [-0.15, -0.1) is 0 Å². The van der Waals surface area contributed by atoms with E-state index in [1.54, 1.807) is 31.2 Å². The number of nitrogens with one attached hydrogen (secondary N) is 3. The number of aryl methyl sites for hydroxylation is 1. The van der Waals surface area contributed by atoms with Crippen molar-refractivity contribution in [3.05, 3.63) is 62.0 Å². The number of ether oxygens (including phenoxy) is 1. The summed E-state index contributed by atoms with van der Waals surface area (Å²) in [4.78, 5) is 39.2. The Labute approximate surface area is 165 Å². The van der Waals surface area contributed by atoms with Gasteiger partial charge in [-0.25, -0.2) is 0 Å². The first-order valence-corrected chi connectivity index (χ1v) is 9.38. The van der Waals surface area contributed by atoms with E-state index in [0.29, 0.717) is 41.2 Å². The molecule has 1 aromatic heterocycles. The van der Waals surface area contributed by atoms with Crippen molar-refractivity contribution in [3.8, 4) is 0 Å². The Hall–Kier alpha value is -2.45. The van der Waals surface area contributed by atoms with Gasteiger partial charge in [0, 0.05) is 41.2 Å². The normalized spacial score (nSPS) is 10.5. The molecule has 0 aliphatic rings. The SMILES string of the molecule is CCOCCCNC(=O)c1cccc(NC(=O)c2cc(Br)c(C)[nH]c2=O)c1. The van der Waals surface area contributed by atoms with Crippen molar-refractivity contribution >= 4 is 33.4 Å². The summed E-state index contributed by atoms with van der Waals surface area (Å²) in [5.41, 5.74) is 0.996. The van der Waals surface area contributed by atoms with Crippen molar-refractivity contribution in [3.63, 3.8) is 0 Å². The molecule has 0 saturated carbocycles. The molecule has 1 heterocycles. The van der Waals surface area contributed by atoms with E-state index in [4.69, 9.17) is 4.74 Å². The molecule has 0 aliphatic carbocycles.